The van der Waals surface area contributed by atoms with Crippen LogP contribution in [0.15, 0.2) is 121 Å². The molecule has 0 fully saturated rings. The first kappa shape index (κ1) is 33.5. The van der Waals surface area contributed by atoms with E-state index in [9.17, 15) is 0 Å². The molecule has 6 aromatic rings. The van der Waals surface area contributed by atoms with Crippen molar-refractivity contribution in [1.29, 1.82) is 0 Å². The molecule has 38 heavy (non-hydrogen) atoms. The Hall–Kier alpha value is -2.51. The van der Waals surface area contributed by atoms with Crippen LogP contribution < -0.4 is 0 Å². The van der Waals surface area contributed by atoms with Gasteiger partial charge in [0, 0.05) is 0 Å². The van der Waals surface area contributed by atoms with Gasteiger partial charge in [0.15, 0.2) is 0 Å². The van der Waals surface area contributed by atoms with Gasteiger partial charge in [0.25, 0.3) is 0 Å². The molecule has 0 heterocycles. The topological polar surface area (TPSA) is 0 Å². The van der Waals surface area contributed by atoms with Gasteiger partial charge in [-0.1, -0.05) is 97.8 Å². The van der Waals surface area contributed by atoms with E-state index in [-0.39, 0.29) is 14.9 Å². The third-order valence-corrected chi connectivity index (χ3v) is 5.96. The van der Waals surface area contributed by atoms with Gasteiger partial charge >= 0.3 is 30.2 Å². The second-order valence-electron chi connectivity index (χ2n) is 8.41. The number of hydrogen-bond donors (Lipinski definition) is 0. The molecule has 2 radical (unpaired) electrons. The van der Waals surface area contributed by atoms with Crippen molar-refractivity contribution in [3.8, 4) is 22.3 Å². The molecule has 0 aliphatic rings. The van der Waals surface area contributed by atoms with E-state index in [1.165, 1.54) is 78.3 Å². The van der Waals surface area contributed by atoms with E-state index >= 15 is 0 Å². The Morgan fingerprint density at radius 2 is 0.895 bits per heavy atom. The summed E-state index contributed by atoms with van der Waals surface area (Å²) in [4.78, 5) is 0. The number of fused-ring (bicyclic) bond motifs is 2. The fraction of sp³-hybridized carbons (Fsp3) is 0.0571. The summed E-state index contributed by atoms with van der Waals surface area (Å²) >= 11 is 5.74. The molecule has 6 rings (SSSR count). The predicted molar refractivity (Wildman–Crippen MR) is 169 cm³/mol. The van der Waals surface area contributed by atoms with E-state index in [2.05, 4.69) is 160 Å². The van der Waals surface area contributed by atoms with E-state index in [1.807, 2.05) is 0 Å². The Morgan fingerprint density at radius 3 is 1.24 bits per heavy atom. The third kappa shape index (κ3) is 8.24. The molecule has 0 nitrogen and oxygen atoms in total. The summed E-state index contributed by atoms with van der Waals surface area (Å²) in [6.45, 7) is 7.36. The van der Waals surface area contributed by atoms with E-state index in [0.29, 0.717) is 0 Å². The van der Waals surface area contributed by atoms with Gasteiger partial charge in [0.1, 0.15) is 0 Å². The summed E-state index contributed by atoms with van der Waals surface area (Å²) in [7, 11) is 0. The monoisotopic (exact) mass is 607 g/mol. The quantitative estimate of drug-likeness (QED) is 0.135. The number of rotatable bonds is 2. The molecule has 0 saturated heterocycles. The van der Waals surface area contributed by atoms with Crippen LogP contribution in [-0.4, -0.2) is 6.88 Å². The van der Waals surface area contributed by atoms with Crippen molar-refractivity contribution in [2.45, 2.75) is 13.8 Å². The van der Waals surface area contributed by atoms with Gasteiger partial charge in [-0.05, 0) is 11.1 Å². The fourth-order valence-corrected chi connectivity index (χ4v) is 4.51. The van der Waals surface area contributed by atoms with Crippen LogP contribution in [0.3, 0.4) is 0 Å². The first-order chi connectivity index (χ1) is 17.7. The van der Waals surface area contributed by atoms with Crippen molar-refractivity contribution in [2.75, 3.05) is 0 Å². The Bertz CT molecular complexity index is 1380. The van der Waals surface area contributed by atoms with E-state index in [4.69, 9.17) is 0 Å². The second kappa shape index (κ2) is 17.2. The van der Waals surface area contributed by atoms with Crippen LogP contribution in [0.1, 0.15) is 11.1 Å². The second-order valence-corrected chi connectivity index (χ2v) is 8.41. The summed E-state index contributed by atoms with van der Waals surface area (Å²) in [6.07, 6.45) is 2.72. The number of aryl methyl sites for hydroxylation is 2. The zero-order chi connectivity index (χ0) is 25.9. The summed E-state index contributed by atoms with van der Waals surface area (Å²) < 4.78 is 0. The minimum absolute atomic E-state index is 0. The summed E-state index contributed by atoms with van der Waals surface area (Å²) in [5.74, 6) is 0. The van der Waals surface area contributed by atoms with Gasteiger partial charge in [0.05, 0.1) is 0 Å². The minimum atomic E-state index is 0. The van der Waals surface area contributed by atoms with Crippen molar-refractivity contribution in [1.82, 2.24) is 0 Å². The Kier molecular flexibility index (Phi) is 15.1. The molecule has 0 unspecified atom stereocenters. The molecular weight excluding hydrogens is 575 g/mol. The van der Waals surface area contributed by atoms with Gasteiger partial charge in [-0.25, -0.2) is 0 Å². The third-order valence-electron chi connectivity index (χ3n) is 5.96. The fourth-order valence-electron chi connectivity index (χ4n) is 4.51. The molecule has 3 heteroatoms. The van der Waals surface area contributed by atoms with Gasteiger partial charge in [0.2, 0.25) is 0 Å². The van der Waals surface area contributed by atoms with Crippen LogP contribution in [0.5, 0.6) is 0 Å². The molecule has 0 aliphatic heterocycles. The van der Waals surface area contributed by atoms with Crippen molar-refractivity contribution >= 4 is 40.0 Å². The van der Waals surface area contributed by atoms with Crippen molar-refractivity contribution in [2.24, 2.45) is 0 Å². The summed E-state index contributed by atoms with van der Waals surface area (Å²) in [5.41, 5.74) is 7.89. The molecule has 0 bridgehead atoms. The number of halogens is 1. The zero-order valence-electron chi connectivity index (χ0n) is 22.6. The summed E-state index contributed by atoms with van der Waals surface area (Å²) in [6, 6.07) is 43.1. The zero-order valence-corrected chi connectivity index (χ0v) is 26.8. The Labute approximate surface area is 251 Å². The van der Waals surface area contributed by atoms with Crippen LogP contribution >= 0.6 is 11.6 Å². The first-order valence-electron chi connectivity index (χ1n) is 11.6. The molecule has 6 aromatic carbocycles. The van der Waals surface area contributed by atoms with Crippen LogP contribution in [0.4, 0.5) is 0 Å². The molecule has 194 valence electrons. The number of hydrogen-bond acceptors (Lipinski definition) is 0. The van der Waals surface area contributed by atoms with Crippen molar-refractivity contribution < 1.29 is 23.3 Å². The molecule has 0 amide bonds. The van der Waals surface area contributed by atoms with E-state index in [1.54, 1.807) is 0 Å². The van der Waals surface area contributed by atoms with E-state index < -0.39 is 0 Å². The Morgan fingerprint density at radius 1 is 0.553 bits per heavy atom. The van der Waals surface area contributed by atoms with E-state index in [0.717, 1.165) is 0 Å². The van der Waals surface area contributed by atoms with Gasteiger partial charge in [-0.15, -0.1) is 69.1 Å². The average Bonchev–Trinajstić information content (AvgIpc) is 3.52. The van der Waals surface area contributed by atoms with Crippen molar-refractivity contribution in [3.05, 3.63) is 154 Å². The molecule has 0 N–H and O–H groups in total. The van der Waals surface area contributed by atoms with Crippen molar-refractivity contribution in [3.63, 3.8) is 0 Å². The van der Waals surface area contributed by atoms with Crippen LogP contribution in [-0.2, 0) is 23.3 Å². The maximum absolute atomic E-state index is 4.39. The van der Waals surface area contributed by atoms with Gasteiger partial charge < -0.3 is 26.5 Å². The molecule has 0 aromatic heterocycles. The molecule has 0 atom stereocenters. The van der Waals surface area contributed by atoms with Gasteiger partial charge in [-0.3, -0.25) is 6.38 Å². The standard InChI is InChI=1S/2C16H13.CH2Cl.2CH3.Si.Zr/c2*1-12-10-14-8-5-9-15(16(14)11-12)13-6-3-2-4-7-13;1-2;;;;/h2*2-11H,1H3;1H2;2*1H3;;/q5*-1;;. The van der Waals surface area contributed by atoms with Crippen LogP contribution in [0.2, 0.25) is 0 Å². The predicted octanol–water partition coefficient (Wildman–Crippen LogP) is 10.6. The van der Waals surface area contributed by atoms with Gasteiger partial charge in [-0.2, -0.15) is 12.1 Å². The number of benzene rings is 4. The van der Waals surface area contributed by atoms with Crippen LogP contribution in [0.25, 0.3) is 43.8 Å². The maximum atomic E-state index is 4.39. The molecule has 0 aliphatic carbocycles. The normalized spacial score (nSPS) is 9.34. The van der Waals surface area contributed by atoms with Crippen LogP contribution in [0, 0.1) is 35.1 Å². The molecule has 0 saturated carbocycles. The molecule has 0 spiro atoms. The Balaban J connectivity index is 0.000000321. The first-order valence-corrected chi connectivity index (χ1v) is 16.4. The average molecular weight is 609 g/mol. The SMILES string of the molecule is Cc1cc2c(-c3ccccc3)cccc2[cH-]1.Cc1cc2c(-c3ccccc3)cccc2[cH-]1.[CH2-]Cl.[CH3-].[CH3-].[Si]=[Zr]. The summed E-state index contributed by atoms with van der Waals surface area (Å²) in [5, 5.41) is 5.37. The molecular formula is C35H34ClSiZr-5.